The Labute approximate surface area is 162 Å². The van der Waals surface area contributed by atoms with E-state index in [2.05, 4.69) is 5.32 Å². The lowest BCUT2D eigenvalue weighted by Crippen LogP contribution is -2.37. The first-order chi connectivity index (χ1) is 13.4. The predicted octanol–water partition coefficient (Wildman–Crippen LogP) is 2.73. The maximum Gasteiger partial charge on any atom is 0.339 e. The molecule has 0 bridgehead atoms. The molecule has 150 valence electrons. The molecule has 1 aliphatic rings. The highest BCUT2D eigenvalue weighted by atomic mass is 16.5. The monoisotopic (exact) mass is 387 g/mol. The number of fused-ring (bicyclic) bond motifs is 3. The molecule has 0 spiro atoms. The van der Waals surface area contributed by atoms with Crippen LogP contribution in [0.5, 0.6) is 5.75 Å². The third kappa shape index (κ3) is 4.18. The standard InChI is InChI=1S/C21H25NO6/c1-12-17(27-13(2)20(25)22-11-5-8-18(23)24)10-9-15-14-6-3-4-7-16(14)21(26)28-19(12)15/h9-10,13H,3-8,11H2,1-2H3,(H,22,25)(H,23,24)/t13-/m1/s1. The van der Waals surface area contributed by atoms with Gasteiger partial charge in [-0.2, -0.15) is 0 Å². The van der Waals surface area contributed by atoms with Gasteiger partial charge in [-0.15, -0.1) is 0 Å². The summed E-state index contributed by atoms with van der Waals surface area (Å²) < 4.78 is 11.4. The highest BCUT2D eigenvalue weighted by Gasteiger charge is 2.21. The van der Waals surface area contributed by atoms with Crippen LogP contribution in [-0.4, -0.2) is 29.6 Å². The highest BCUT2D eigenvalue weighted by Crippen LogP contribution is 2.32. The molecule has 2 N–H and O–H groups in total. The smallest absolute Gasteiger partial charge is 0.339 e. The molecule has 1 atom stereocenters. The van der Waals surface area contributed by atoms with Crippen LogP contribution in [0.15, 0.2) is 21.3 Å². The van der Waals surface area contributed by atoms with Gasteiger partial charge >= 0.3 is 11.6 Å². The summed E-state index contributed by atoms with van der Waals surface area (Å²) in [5.74, 6) is -0.731. The molecule has 28 heavy (non-hydrogen) atoms. The van der Waals surface area contributed by atoms with Crippen LogP contribution in [0, 0.1) is 6.92 Å². The number of carbonyl (C=O) groups excluding carboxylic acids is 1. The number of aliphatic carboxylic acids is 1. The van der Waals surface area contributed by atoms with Gasteiger partial charge in [0, 0.05) is 29.5 Å². The van der Waals surface area contributed by atoms with Crippen molar-refractivity contribution in [3.63, 3.8) is 0 Å². The molecule has 1 amide bonds. The molecule has 7 heteroatoms. The Bertz CT molecular complexity index is 962. The van der Waals surface area contributed by atoms with Gasteiger partial charge in [0.1, 0.15) is 11.3 Å². The zero-order valence-corrected chi connectivity index (χ0v) is 16.2. The largest absolute Gasteiger partial charge is 0.481 e. The summed E-state index contributed by atoms with van der Waals surface area (Å²) >= 11 is 0. The second-order valence-corrected chi connectivity index (χ2v) is 7.17. The van der Waals surface area contributed by atoms with E-state index in [9.17, 15) is 14.4 Å². The SMILES string of the molecule is Cc1c(O[C@H](C)C(=O)NCCCC(=O)O)ccc2c3c(c(=O)oc12)CCCC3. The molecule has 1 aromatic carbocycles. The first-order valence-electron chi connectivity index (χ1n) is 9.62. The zero-order valence-electron chi connectivity index (χ0n) is 16.2. The van der Waals surface area contributed by atoms with E-state index in [-0.39, 0.29) is 24.5 Å². The fourth-order valence-corrected chi connectivity index (χ4v) is 3.59. The molecule has 0 radical (unpaired) electrons. The van der Waals surface area contributed by atoms with E-state index < -0.39 is 12.1 Å². The second-order valence-electron chi connectivity index (χ2n) is 7.17. The Kier molecular flexibility index (Phi) is 6.02. The molecule has 1 heterocycles. The van der Waals surface area contributed by atoms with Gasteiger partial charge in [0.05, 0.1) is 0 Å². The van der Waals surface area contributed by atoms with Gasteiger partial charge in [0.15, 0.2) is 6.10 Å². The molecular weight excluding hydrogens is 362 g/mol. The lowest BCUT2D eigenvalue weighted by molar-refractivity contribution is -0.137. The number of benzene rings is 1. The molecule has 0 saturated heterocycles. The number of nitrogens with one attached hydrogen (secondary N) is 1. The van der Waals surface area contributed by atoms with Crippen LogP contribution in [0.4, 0.5) is 0 Å². The molecular formula is C21H25NO6. The maximum absolute atomic E-state index is 12.4. The lowest BCUT2D eigenvalue weighted by atomic mass is 9.90. The van der Waals surface area contributed by atoms with Crippen LogP contribution in [0.25, 0.3) is 11.0 Å². The third-order valence-corrected chi connectivity index (χ3v) is 5.13. The van der Waals surface area contributed by atoms with Crippen molar-refractivity contribution in [3.8, 4) is 5.75 Å². The fraction of sp³-hybridized carbons (Fsp3) is 0.476. The van der Waals surface area contributed by atoms with Crippen LogP contribution < -0.4 is 15.7 Å². The average Bonchev–Trinajstić information content (AvgIpc) is 2.67. The van der Waals surface area contributed by atoms with Gasteiger partial charge in [-0.05, 0) is 63.6 Å². The van der Waals surface area contributed by atoms with Crippen molar-refractivity contribution in [2.45, 2.75) is 58.5 Å². The van der Waals surface area contributed by atoms with Crippen molar-refractivity contribution in [2.75, 3.05) is 6.54 Å². The molecule has 0 fully saturated rings. The summed E-state index contributed by atoms with van der Waals surface area (Å²) in [4.78, 5) is 35.0. The summed E-state index contributed by atoms with van der Waals surface area (Å²) in [6.45, 7) is 3.71. The Morgan fingerprint density at radius 3 is 2.68 bits per heavy atom. The Balaban J connectivity index is 1.77. The fourth-order valence-electron chi connectivity index (χ4n) is 3.59. The number of rotatable bonds is 7. The first-order valence-corrected chi connectivity index (χ1v) is 9.62. The summed E-state index contributed by atoms with van der Waals surface area (Å²) in [5, 5.41) is 12.2. The van der Waals surface area contributed by atoms with E-state index in [1.54, 1.807) is 13.0 Å². The minimum absolute atomic E-state index is 0.00263. The van der Waals surface area contributed by atoms with Crippen molar-refractivity contribution in [1.29, 1.82) is 0 Å². The number of carbonyl (C=O) groups is 2. The molecule has 0 saturated carbocycles. The van der Waals surface area contributed by atoms with Gasteiger partial charge in [-0.3, -0.25) is 9.59 Å². The number of carboxylic acids is 1. The van der Waals surface area contributed by atoms with Crippen LogP contribution >= 0.6 is 0 Å². The summed E-state index contributed by atoms with van der Waals surface area (Å²) in [6.07, 6.45) is 3.29. The van der Waals surface area contributed by atoms with Crippen molar-refractivity contribution in [2.24, 2.45) is 0 Å². The Morgan fingerprint density at radius 1 is 1.25 bits per heavy atom. The van der Waals surface area contributed by atoms with Gasteiger partial charge in [0.2, 0.25) is 0 Å². The lowest BCUT2D eigenvalue weighted by Gasteiger charge is -2.19. The van der Waals surface area contributed by atoms with Crippen molar-refractivity contribution in [3.05, 3.63) is 39.2 Å². The van der Waals surface area contributed by atoms with E-state index in [1.165, 1.54) is 0 Å². The number of hydrogen-bond acceptors (Lipinski definition) is 5. The maximum atomic E-state index is 12.4. The molecule has 0 unspecified atom stereocenters. The second kappa shape index (κ2) is 8.46. The Morgan fingerprint density at radius 2 is 1.96 bits per heavy atom. The molecule has 7 nitrogen and oxygen atoms in total. The Hall–Kier alpha value is -2.83. The number of ether oxygens (including phenoxy) is 1. The van der Waals surface area contributed by atoms with Crippen LogP contribution in [0.2, 0.25) is 0 Å². The number of aryl methyl sites for hydroxylation is 2. The molecule has 3 rings (SSSR count). The summed E-state index contributed by atoms with van der Waals surface area (Å²) in [7, 11) is 0. The summed E-state index contributed by atoms with van der Waals surface area (Å²) in [6, 6.07) is 3.70. The summed E-state index contributed by atoms with van der Waals surface area (Å²) in [5.41, 5.74) is 2.76. The predicted molar refractivity (Wildman–Crippen MR) is 104 cm³/mol. The van der Waals surface area contributed by atoms with Crippen LogP contribution in [0.1, 0.15) is 49.3 Å². The van der Waals surface area contributed by atoms with E-state index in [4.69, 9.17) is 14.3 Å². The first kappa shape index (κ1) is 19.9. The van der Waals surface area contributed by atoms with Crippen LogP contribution in [0.3, 0.4) is 0 Å². The van der Waals surface area contributed by atoms with Gasteiger partial charge in [0.25, 0.3) is 5.91 Å². The number of carboxylic acid groups (broad SMARTS) is 1. The molecule has 2 aromatic rings. The average molecular weight is 387 g/mol. The third-order valence-electron chi connectivity index (χ3n) is 5.13. The quantitative estimate of drug-likeness (QED) is 0.559. The van der Waals surface area contributed by atoms with E-state index >= 15 is 0 Å². The minimum Gasteiger partial charge on any atom is -0.481 e. The van der Waals surface area contributed by atoms with E-state index in [0.717, 1.165) is 42.2 Å². The molecule has 0 aliphatic heterocycles. The van der Waals surface area contributed by atoms with Crippen molar-refractivity contribution >= 4 is 22.8 Å². The van der Waals surface area contributed by atoms with Gasteiger partial charge in [-0.1, -0.05) is 0 Å². The van der Waals surface area contributed by atoms with Crippen molar-refractivity contribution < 1.29 is 23.8 Å². The zero-order chi connectivity index (χ0) is 20.3. The van der Waals surface area contributed by atoms with Crippen LogP contribution in [-0.2, 0) is 22.4 Å². The minimum atomic E-state index is -0.894. The van der Waals surface area contributed by atoms with Crippen molar-refractivity contribution in [1.82, 2.24) is 5.32 Å². The molecule has 1 aromatic heterocycles. The topological polar surface area (TPSA) is 106 Å². The highest BCUT2D eigenvalue weighted by molar-refractivity contribution is 5.86. The number of hydrogen-bond donors (Lipinski definition) is 2. The van der Waals surface area contributed by atoms with Gasteiger partial charge in [-0.25, -0.2) is 4.79 Å². The number of amides is 1. The van der Waals surface area contributed by atoms with E-state index in [1.807, 2.05) is 13.0 Å². The van der Waals surface area contributed by atoms with E-state index in [0.29, 0.717) is 23.3 Å². The molecule has 1 aliphatic carbocycles. The normalized spacial score (nSPS) is 14.4. The van der Waals surface area contributed by atoms with Gasteiger partial charge < -0.3 is 19.6 Å².